The molecule has 4 aromatic rings. The summed E-state index contributed by atoms with van der Waals surface area (Å²) in [5, 5.41) is 10.8. The number of anilines is 4. The Morgan fingerprint density at radius 3 is 2.41 bits per heavy atom. The molecule has 39 heavy (non-hydrogen) atoms. The van der Waals surface area contributed by atoms with E-state index in [2.05, 4.69) is 45.8 Å². The summed E-state index contributed by atoms with van der Waals surface area (Å²) < 4.78 is 55.8. The molecule has 9 nitrogen and oxygen atoms in total. The summed E-state index contributed by atoms with van der Waals surface area (Å²) in [7, 11) is 0. The molecule has 0 aliphatic carbocycles. The third-order valence-electron chi connectivity index (χ3n) is 4.72. The molecule has 2 aromatic heterocycles. The zero-order chi connectivity index (χ0) is 27.8. The maximum Gasteiger partial charge on any atom is 0.461 e. The minimum absolute atomic E-state index is 0.0105. The standard InChI is InChI=1S/C24H18Cl2F4N8O/c25-16-7-4-14(5-8-16)13-33-38-23-36-21(32-12-15-6-9-19(26)31-11-15)35-22(37-23)34-17-2-1-3-18(10-17)39-24(29,30)20(27)28/h1-11,13,20H,12H2,(H3,32,34,35,36,37,38)/b33-13+. The molecule has 0 spiro atoms. The fourth-order valence-electron chi connectivity index (χ4n) is 2.93. The van der Waals surface area contributed by atoms with Gasteiger partial charge in [0.25, 0.3) is 0 Å². The molecule has 15 heteroatoms. The van der Waals surface area contributed by atoms with Gasteiger partial charge in [-0.05, 0) is 41.5 Å². The van der Waals surface area contributed by atoms with Crippen LogP contribution in [0.2, 0.25) is 10.2 Å². The predicted molar refractivity (Wildman–Crippen MR) is 140 cm³/mol. The van der Waals surface area contributed by atoms with Gasteiger partial charge in [-0.3, -0.25) is 0 Å². The molecule has 0 saturated carbocycles. The van der Waals surface area contributed by atoms with Crippen molar-refractivity contribution in [2.45, 2.75) is 19.1 Å². The average Bonchev–Trinajstić information content (AvgIpc) is 2.89. The van der Waals surface area contributed by atoms with Crippen LogP contribution in [-0.4, -0.2) is 38.7 Å². The third kappa shape index (κ3) is 8.38. The van der Waals surface area contributed by atoms with Gasteiger partial charge in [0.1, 0.15) is 10.9 Å². The van der Waals surface area contributed by atoms with Gasteiger partial charge in [-0.15, -0.1) is 0 Å². The number of hydrazone groups is 1. The fourth-order valence-corrected chi connectivity index (χ4v) is 3.17. The van der Waals surface area contributed by atoms with Crippen LogP contribution in [0.5, 0.6) is 5.75 Å². The number of ether oxygens (including phenoxy) is 1. The summed E-state index contributed by atoms with van der Waals surface area (Å²) in [4.78, 5) is 16.8. The smallest absolute Gasteiger partial charge is 0.428 e. The summed E-state index contributed by atoms with van der Waals surface area (Å²) in [5.41, 5.74) is 4.42. The maximum absolute atomic E-state index is 13.3. The Hall–Kier alpha value is -4.23. The van der Waals surface area contributed by atoms with E-state index in [0.29, 0.717) is 10.2 Å². The molecule has 0 atom stereocenters. The highest BCUT2D eigenvalue weighted by molar-refractivity contribution is 6.30. The van der Waals surface area contributed by atoms with Crippen molar-refractivity contribution in [1.29, 1.82) is 0 Å². The molecule has 0 fully saturated rings. The minimum atomic E-state index is -4.65. The highest BCUT2D eigenvalue weighted by atomic mass is 35.5. The van der Waals surface area contributed by atoms with Gasteiger partial charge < -0.3 is 15.4 Å². The molecule has 0 amide bonds. The second-order valence-corrected chi connectivity index (χ2v) is 8.51. The first-order valence-electron chi connectivity index (χ1n) is 11.0. The van der Waals surface area contributed by atoms with Crippen molar-refractivity contribution in [3.63, 3.8) is 0 Å². The van der Waals surface area contributed by atoms with Crippen molar-refractivity contribution in [3.05, 3.63) is 88.2 Å². The first-order valence-corrected chi connectivity index (χ1v) is 11.8. The van der Waals surface area contributed by atoms with E-state index in [-0.39, 0.29) is 30.1 Å². The van der Waals surface area contributed by atoms with E-state index in [0.717, 1.165) is 23.3 Å². The molecule has 0 bridgehead atoms. The van der Waals surface area contributed by atoms with Gasteiger partial charge in [0.15, 0.2) is 0 Å². The maximum atomic E-state index is 13.3. The Labute approximate surface area is 229 Å². The number of hydrogen-bond donors (Lipinski definition) is 3. The van der Waals surface area contributed by atoms with Crippen LogP contribution in [0.15, 0.2) is 72.0 Å². The van der Waals surface area contributed by atoms with Gasteiger partial charge in [0.2, 0.25) is 17.8 Å². The van der Waals surface area contributed by atoms with Crippen molar-refractivity contribution in [1.82, 2.24) is 19.9 Å². The highest BCUT2D eigenvalue weighted by Crippen LogP contribution is 2.29. The molecule has 0 radical (unpaired) electrons. The van der Waals surface area contributed by atoms with E-state index < -0.39 is 18.3 Å². The molecule has 2 aromatic carbocycles. The van der Waals surface area contributed by atoms with Crippen molar-refractivity contribution in [2.75, 3.05) is 16.1 Å². The van der Waals surface area contributed by atoms with Crippen LogP contribution in [0.3, 0.4) is 0 Å². The predicted octanol–water partition coefficient (Wildman–Crippen LogP) is 6.61. The molecule has 202 valence electrons. The lowest BCUT2D eigenvalue weighted by Crippen LogP contribution is -2.33. The number of alkyl halides is 4. The lowest BCUT2D eigenvalue weighted by atomic mass is 10.2. The van der Waals surface area contributed by atoms with E-state index in [4.69, 9.17) is 23.2 Å². The van der Waals surface area contributed by atoms with E-state index >= 15 is 0 Å². The molecule has 3 N–H and O–H groups in total. The summed E-state index contributed by atoms with van der Waals surface area (Å²) in [5.74, 6) is -0.336. The lowest BCUT2D eigenvalue weighted by Gasteiger charge is -2.17. The number of nitrogens with zero attached hydrogens (tertiary/aromatic N) is 5. The normalized spacial score (nSPS) is 11.6. The molecule has 0 unspecified atom stereocenters. The minimum Gasteiger partial charge on any atom is -0.428 e. The Kier molecular flexibility index (Phi) is 8.94. The van der Waals surface area contributed by atoms with Crippen LogP contribution in [0.4, 0.5) is 41.1 Å². The van der Waals surface area contributed by atoms with Crippen LogP contribution >= 0.6 is 23.2 Å². The summed E-state index contributed by atoms with van der Waals surface area (Å²) in [6.07, 6.45) is -5.56. The molecule has 0 saturated heterocycles. The number of benzene rings is 2. The first kappa shape index (κ1) is 27.8. The second kappa shape index (κ2) is 12.5. The van der Waals surface area contributed by atoms with Gasteiger partial charge in [0, 0.05) is 29.5 Å². The fraction of sp³-hybridized carbons (Fsp3) is 0.125. The number of hydrogen-bond acceptors (Lipinski definition) is 9. The number of nitrogens with one attached hydrogen (secondary N) is 3. The lowest BCUT2D eigenvalue weighted by molar-refractivity contribution is -0.253. The van der Waals surface area contributed by atoms with Crippen molar-refractivity contribution in [2.24, 2.45) is 5.10 Å². The summed E-state index contributed by atoms with van der Waals surface area (Å²) in [6.45, 7) is 0.285. The van der Waals surface area contributed by atoms with E-state index in [9.17, 15) is 17.6 Å². The van der Waals surface area contributed by atoms with Crippen molar-refractivity contribution < 1.29 is 22.3 Å². The first-order chi connectivity index (χ1) is 18.7. The van der Waals surface area contributed by atoms with Gasteiger partial charge in [-0.1, -0.05) is 47.5 Å². The Morgan fingerprint density at radius 2 is 1.69 bits per heavy atom. The van der Waals surface area contributed by atoms with E-state index in [1.54, 1.807) is 42.6 Å². The average molecular weight is 581 g/mol. The molecular formula is C24H18Cl2F4N8O. The van der Waals surface area contributed by atoms with E-state index in [1.165, 1.54) is 18.3 Å². The zero-order valence-electron chi connectivity index (χ0n) is 19.6. The van der Waals surface area contributed by atoms with Crippen LogP contribution in [0, 0.1) is 0 Å². The SMILES string of the molecule is FC(F)C(F)(F)Oc1cccc(Nc2nc(NCc3ccc(Cl)nc3)nc(N/N=C/c3ccc(Cl)cc3)n2)c1. The number of aromatic nitrogens is 4. The largest absolute Gasteiger partial charge is 0.461 e. The number of halogens is 6. The number of pyridine rings is 1. The Bertz CT molecular complexity index is 1430. The quantitative estimate of drug-likeness (QED) is 0.0786. The molecule has 0 aliphatic heterocycles. The van der Waals surface area contributed by atoms with Crippen LogP contribution < -0.4 is 20.8 Å². The third-order valence-corrected chi connectivity index (χ3v) is 5.20. The van der Waals surface area contributed by atoms with Crippen LogP contribution in [0.25, 0.3) is 0 Å². The molecule has 4 rings (SSSR count). The highest BCUT2D eigenvalue weighted by Gasteiger charge is 2.44. The Morgan fingerprint density at radius 1 is 0.949 bits per heavy atom. The van der Waals surface area contributed by atoms with Crippen molar-refractivity contribution >= 4 is 52.9 Å². The number of rotatable bonds is 11. The second-order valence-electron chi connectivity index (χ2n) is 7.69. The van der Waals surface area contributed by atoms with Crippen LogP contribution in [0.1, 0.15) is 11.1 Å². The van der Waals surface area contributed by atoms with Gasteiger partial charge >= 0.3 is 12.5 Å². The zero-order valence-corrected chi connectivity index (χ0v) is 21.1. The molecule has 2 heterocycles. The van der Waals surface area contributed by atoms with E-state index in [1.807, 2.05) is 0 Å². The monoisotopic (exact) mass is 580 g/mol. The topological polar surface area (TPSA) is 109 Å². The molecular weight excluding hydrogens is 563 g/mol. The Balaban J connectivity index is 1.54. The van der Waals surface area contributed by atoms with Crippen molar-refractivity contribution in [3.8, 4) is 5.75 Å². The summed E-state index contributed by atoms with van der Waals surface area (Å²) in [6, 6.07) is 15.3. The summed E-state index contributed by atoms with van der Waals surface area (Å²) >= 11 is 11.7. The van der Waals surface area contributed by atoms with Gasteiger partial charge in [0.05, 0.1) is 6.21 Å². The van der Waals surface area contributed by atoms with Gasteiger partial charge in [-0.2, -0.15) is 37.6 Å². The van der Waals surface area contributed by atoms with Gasteiger partial charge in [-0.25, -0.2) is 10.4 Å². The molecule has 0 aliphatic rings. The van der Waals surface area contributed by atoms with Crippen LogP contribution in [-0.2, 0) is 6.54 Å².